The van der Waals surface area contributed by atoms with E-state index >= 15 is 0 Å². The summed E-state index contributed by atoms with van der Waals surface area (Å²) in [6.45, 7) is 1.75. The van der Waals surface area contributed by atoms with Crippen molar-refractivity contribution in [1.29, 1.82) is 0 Å². The molecule has 3 aliphatic rings. The van der Waals surface area contributed by atoms with Crippen LogP contribution in [0.2, 0.25) is 0 Å². The van der Waals surface area contributed by atoms with E-state index in [0.717, 1.165) is 6.26 Å². The van der Waals surface area contributed by atoms with Gasteiger partial charge >= 0.3 is 6.09 Å². The molecule has 264 valence electrons. The van der Waals surface area contributed by atoms with E-state index < -0.39 is 81.8 Å². The molecule has 2 saturated heterocycles. The summed E-state index contributed by atoms with van der Waals surface area (Å²) >= 11 is 0. The number of primary amides is 1. The monoisotopic (exact) mass is 698 g/mol. The molecule has 0 spiro atoms. The Bertz CT molecular complexity index is 1610. The third-order valence-electron chi connectivity index (χ3n) is 8.49. The molecule has 3 heterocycles. The van der Waals surface area contributed by atoms with Gasteiger partial charge in [-0.25, -0.2) is 18.1 Å². The number of carbonyl (C=O) groups is 1. The number of nitrogens with one attached hydrogen (secondary N) is 1. The zero-order valence-corrected chi connectivity index (χ0v) is 27.0. The minimum atomic E-state index is -3.69. The highest BCUT2D eigenvalue weighted by molar-refractivity contribution is 7.90. The predicted molar refractivity (Wildman–Crippen MR) is 164 cm³/mol. The summed E-state index contributed by atoms with van der Waals surface area (Å²) in [6.07, 6.45) is -9.16. The molecule has 0 aliphatic carbocycles. The zero-order valence-electron chi connectivity index (χ0n) is 26.2. The van der Waals surface area contributed by atoms with Crippen LogP contribution in [0.15, 0.2) is 36.4 Å². The number of benzene rings is 2. The number of methoxy groups -OCH3 is 1. The third kappa shape index (κ3) is 7.21. The van der Waals surface area contributed by atoms with Crippen molar-refractivity contribution in [3.63, 3.8) is 0 Å². The first-order valence-corrected chi connectivity index (χ1v) is 17.0. The second-order valence-corrected chi connectivity index (χ2v) is 13.8. The van der Waals surface area contributed by atoms with Crippen molar-refractivity contribution in [2.45, 2.75) is 56.1 Å². The summed E-state index contributed by atoms with van der Waals surface area (Å²) < 4.78 is 52.9. The number of carbonyl (C=O) groups excluding carboxylic acids is 1. The number of sulfone groups is 1. The van der Waals surface area contributed by atoms with Gasteiger partial charge in [-0.3, -0.25) is 0 Å². The van der Waals surface area contributed by atoms with E-state index in [-0.39, 0.29) is 30.0 Å². The Kier molecular flexibility index (Phi) is 10.5. The standard InChI is InChI=1S/C29H38N4O14S/c1-4-43-20-10-14(8-9-19(20)42-2)18(13-48(3,40)41)32-27(35)15-6-5-7-17(22(15)28(32)36)31-26(34)24(46-29(30)37)16-11-44-25-21(47-33(38)39)12-45-23(16)25/h5-10,16,18,21,23-28,31,34-36H,4,11-13H2,1-3H3,(H2,30,37)/t16?,18-,21?,23?,24?,25?,26?,27?,28?/m1/s1. The molecule has 0 saturated carbocycles. The number of fused-ring (bicyclic) bond motifs is 2. The Labute approximate surface area is 275 Å². The maximum atomic E-state index is 12.6. The molecule has 5 rings (SSSR count). The predicted octanol–water partition coefficient (Wildman–Crippen LogP) is 0.362. The van der Waals surface area contributed by atoms with Crippen LogP contribution in [0.1, 0.15) is 42.1 Å². The molecule has 8 unspecified atom stereocenters. The van der Waals surface area contributed by atoms with Gasteiger partial charge in [-0.15, -0.1) is 10.1 Å². The topological polar surface area (TPSA) is 252 Å². The van der Waals surface area contributed by atoms with Crippen molar-refractivity contribution < 1.29 is 62.1 Å². The van der Waals surface area contributed by atoms with Crippen molar-refractivity contribution in [1.82, 2.24) is 4.90 Å². The van der Waals surface area contributed by atoms with E-state index in [1.807, 2.05) is 0 Å². The average Bonchev–Trinajstić information content (AvgIpc) is 3.68. The molecule has 0 aromatic heterocycles. The van der Waals surface area contributed by atoms with Gasteiger partial charge in [0.15, 0.2) is 29.9 Å². The molecule has 19 heteroatoms. The fourth-order valence-electron chi connectivity index (χ4n) is 6.55. The van der Waals surface area contributed by atoms with Crippen molar-refractivity contribution in [2.24, 2.45) is 11.7 Å². The summed E-state index contributed by atoms with van der Waals surface area (Å²) in [5.74, 6) is -0.593. The van der Waals surface area contributed by atoms with E-state index in [2.05, 4.69) is 10.2 Å². The molecule has 2 aromatic carbocycles. The van der Waals surface area contributed by atoms with Crippen molar-refractivity contribution >= 4 is 21.6 Å². The van der Waals surface area contributed by atoms with Crippen LogP contribution >= 0.6 is 0 Å². The number of aliphatic hydroxyl groups is 3. The molecule has 0 bridgehead atoms. The molecule has 6 N–H and O–H groups in total. The SMILES string of the molecule is CCOc1cc([C@@H](CS(C)(=O)=O)N2C(O)c3cccc(NC(O)C(OC(N)=O)C4COC5C(O[N+](=O)[O-])COC45)c3C2O)ccc1OC. The highest BCUT2D eigenvalue weighted by atomic mass is 32.2. The first kappa shape index (κ1) is 35.3. The van der Waals surface area contributed by atoms with Crippen LogP contribution < -0.4 is 20.5 Å². The van der Waals surface area contributed by atoms with Crippen LogP contribution in [0.25, 0.3) is 0 Å². The zero-order chi connectivity index (χ0) is 34.9. The smallest absolute Gasteiger partial charge is 0.404 e. The van der Waals surface area contributed by atoms with Crippen LogP contribution in [-0.4, -0.2) is 109 Å². The number of anilines is 1. The lowest BCUT2D eigenvalue weighted by molar-refractivity contribution is -0.769. The Morgan fingerprint density at radius 1 is 1.17 bits per heavy atom. The van der Waals surface area contributed by atoms with Crippen LogP contribution in [0.3, 0.4) is 0 Å². The Morgan fingerprint density at radius 3 is 2.54 bits per heavy atom. The molecule has 48 heavy (non-hydrogen) atoms. The van der Waals surface area contributed by atoms with Gasteiger partial charge in [0.05, 0.1) is 50.7 Å². The molecule has 3 aliphatic heterocycles. The molecule has 0 radical (unpaired) electrons. The molecule has 9 atom stereocenters. The van der Waals surface area contributed by atoms with Crippen LogP contribution in [-0.2, 0) is 28.9 Å². The van der Waals surface area contributed by atoms with Gasteiger partial charge in [0.1, 0.15) is 28.4 Å². The minimum Gasteiger partial charge on any atom is -0.493 e. The van der Waals surface area contributed by atoms with Crippen LogP contribution in [0.5, 0.6) is 11.5 Å². The van der Waals surface area contributed by atoms with E-state index in [0.29, 0.717) is 23.7 Å². The van der Waals surface area contributed by atoms with Crippen molar-refractivity contribution in [2.75, 3.05) is 44.3 Å². The molecule has 2 fully saturated rings. The molecule has 1 amide bonds. The van der Waals surface area contributed by atoms with Crippen molar-refractivity contribution in [3.8, 4) is 11.5 Å². The lowest BCUT2D eigenvalue weighted by atomic mass is 9.93. The molecular formula is C29H38N4O14S. The Hall–Kier alpha value is -3.98. The Balaban J connectivity index is 1.44. The van der Waals surface area contributed by atoms with Gasteiger partial charge in [0.25, 0.3) is 5.09 Å². The molecule has 2 aromatic rings. The first-order chi connectivity index (χ1) is 22.7. The second kappa shape index (κ2) is 14.2. The van der Waals surface area contributed by atoms with E-state index in [4.69, 9.17) is 29.4 Å². The summed E-state index contributed by atoms with van der Waals surface area (Å²) in [6, 6.07) is 8.28. The Morgan fingerprint density at radius 2 is 1.90 bits per heavy atom. The number of rotatable bonds is 14. The largest absolute Gasteiger partial charge is 0.493 e. The lowest BCUT2D eigenvalue weighted by Crippen LogP contribution is -2.48. The number of aliphatic hydroxyl groups excluding tert-OH is 3. The first-order valence-electron chi connectivity index (χ1n) is 14.9. The number of nitrogens with zero attached hydrogens (tertiary/aromatic N) is 2. The van der Waals surface area contributed by atoms with E-state index in [9.17, 15) is 38.6 Å². The summed E-state index contributed by atoms with van der Waals surface area (Å²) in [5, 5.41) is 47.3. The molecule has 18 nitrogen and oxygen atoms in total. The quantitative estimate of drug-likeness (QED) is 0.101. The van der Waals surface area contributed by atoms with E-state index in [1.54, 1.807) is 25.1 Å². The fourth-order valence-corrected chi connectivity index (χ4v) is 7.49. The second-order valence-electron chi connectivity index (χ2n) is 11.6. The van der Waals surface area contributed by atoms with Gasteiger partial charge in [-0.1, -0.05) is 18.2 Å². The van der Waals surface area contributed by atoms with Crippen molar-refractivity contribution in [3.05, 3.63) is 63.2 Å². The summed E-state index contributed by atoms with van der Waals surface area (Å²) in [5.41, 5.74) is 6.18. The highest BCUT2D eigenvalue weighted by Crippen LogP contribution is 2.49. The fraction of sp³-hybridized carbons (Fsp3) is 0.552. The normalized spacial score (nSPS) is 27.0. The number of hydrogen-bond acceptors (Lipinski definition) is 16. The van der Waals surface area contributed by atoms with Gasteiger partial charge in [0.2, 0.25) is 0 Å². The van der Waals surface area contributed by atoms with Gasteiger partial charge in [0, 0.05) is 23.1 Å². The number of amides is 1. The van der Waals surface area contributed by atoms with Gasteiger partial charge in [-0.05, 0) is 30.7 Å². The van der Waals surface area contributed by atoms with Gasteiger partial charge in [-0.2, -0.15) is 0 Å². The van der Waals surface area contributed by atoms with E-state index in [1.165, 1.54) is 30.2 Å². The average molecular weight is 699 g/mol. The third-order valence-corrected chi connectivity index (χ3v) is 9.41. The summed E-state index contributed by atoms with van der Waals surface area (Å²) in [4.78, 5) is 28.7. The van der Waals surface area contributed by atoms with Crippen LogP contribution in [0, 0.1) is 16.0 Å². The van der Waals surface area contributed by atoms with Crippen LogP contribution in [0.4, 0.5) is 10.5 Å². The molecular weight excluding hydrogens is 660 g/mol. The summed E-state index contributed by atoms with van der Waals surface area (Å²) in [7, 11) is -2.23. The lowest BCUT2D eigenvalue weighted by Gasteiger charge is -2.34. The number of hydrogen-bond donors (Lipinski definition) is 5. The maximum Gasteiger partial charge on any atom is 0.404 e. The highest BCUT2D eigenvalue weighted by Gasteiger charge is 2.54. The van der Waals surface area contributed by atoms with Gasteiger partial charge < -0.3 is 54.9 Å². The number of nitrogens with two attached hydrogens (primary N) is 1. The number of ether oxygens (including phenoxy) is 5. The maximum absolute atomic E-state index is 12.6. The minimum absolute atomic E-state index is 0.118.